The Labute approximate surface area is 89.6 Å². The lowest BCUT2D eigenvalue weighted by Gasteiger charge is -2.07. The zero-order chi connectivity index (χ0) is 11.3. The number of furan rings is 1. The molecule has 1 rings (SSSR count). The molecule has 0 atom stereocenters. The second-order valence-corrected chi connectivity index (χ2v) is 3.65. The van der Waals surface area contributed by atoms with E-state index in [-0.39, 0.29) is 18.6 Å². The number of hydrogen-bond donors (Lipinski definition) is 1. The van der Waals surface area contributed by atoms with E-state index in [0.717, 1.165) is 11.5 Å². The molecule has 0 radical (unpaired) electrons. The standard InChI is InChI=1S/C11H17NO3/c1-8(2)14-7-11(13)12-6-10-5-4-9(3)15-10/h4-5,8H,6-7H2,1-3H3,(H,12,13). The summed E-state index contributed by atoms with van der Waals surface area (Å²) < 4.78 is 10.5. The van der Waals surface area contributed by atoms with Crippen molar-refractivity contribution in [1.82, 2.24) is 5.32 Å². The molecule has 1 aromatic rings. The lowest BCUT2D eigenvalue weighted by atomic mass is 10.4. The van der Waals surface area contributed by atoms with Gasteiger partial charge < -0.3 is 14.5 Å². The first-order chi connectivity index (χ1) is 7.08. The van der Waals surface area contributed by atoms with Crippen LogP contribution in [0.4, 0.5) is 0 Å². The van der Waals surface area contributed by atoms with Crippen LogP contribution in [0.15, 0.2) is 16.5 Å². The predicted molar refractivity (Wildman–Crippen MR) is 56.4 cm³/mol. The Morgan fingerprint density at radius 2 is 2.27 bits per heavy atom. The SMILES string of the molecule is Cc1ccc(CNC(=O)COC(C)C)o1. The van der Waals surface area contributed by atoms with Gasteiger partial charge in [-0.1, -0.05) is 0 Å². The Kier molecular flexibility index (Phi) is 4.37. The molecule has 0 aliphatic carbocycles. The maximum absolute atomic E-state index is 11.2. The van der Waals surface area contributed by atoms with E-state index in [2.05, 4.69) is 5.32 Å². The van der Waals surface area contributed by atoms with Crippen LogP contribution >= 0.6 is 0 Å². The number of nitrogens with one attached hydrogen (secondary N) is 1. The molecule has 0 bridgehead atoms. The molecular weight excluding hydrogens is 194 g/mol. The van der Waals surface area contributed by atoms with Crippen molar-refractivity contribution < 1.29 is 13.9 Å². The Morgan fingerprint density at radius 3 is 2.80 bits per heavy atom. The zero-order valence-corrected chi connectivity index (χ0v) is 9.37. The van der Waals surface area contributed by atoms with Crippen molar-refractivity contribution in [3.8, 4) is 0 Å². The maximum atomic E-state index is 11.2. The van der Waals surface area contributed by atoms with Gasteiger partial charge in [-0.15, -0.1) is 0 Å². The quantitative estimate of drug-likeness (QED) is 0.805. The Bertz CT molecular complexity index is 317. The van der Waals surface area contributed by atoms with Gasteiger partial charge in [0.2, 0.25) is 5.91 Å². The van der Waals surface area contributed by atoms with E-state index in [4.69, 9.17) is 9.15 Å². The van der Waals surface area contributed by atoms with Gasteiger partial charge in [-0.25, -0.2) is 0 Å². The van der Waals surface area contributed by atoms with Gasteiger partial charge in [-0.05, 0) is 32.9 Å². The largest absolute Gasteiger partial charge is 0.465 e. The fourth-order valence-electron chi connectivity index (χ4n) is 1.06. The Hall–Kier alpha value is -1.29. The molecule has 84 valence electrons. The number of hydrogen-bond acceptors (Lipinski definition) is 3. The van der Waals surface area contributed by atoms with E-state index < -0.39 is 0 Å². The summed E-state index contributed by atoms with van der Waals surface area (Å²) in [6, 6.07) is 3.71. The van der Waals surface area contributed by atoms with E-state index in [0.29, 0.717) is 6.54 Å². The summed E-state index contributed by atoms with van der Waals surface area (Å²) in [5.74, 6) is 1.47. The van der Waals surface area contributed by atoms with Crippen molar-refractivity contribution in [2.75, 3.05) is 6.61 Å². The molecule has 1 amide bonds. The van der Waals surface area contributed by atoms with E-state index in [1.54, 1.807) is 0 Å². The highest BCUT2D eigenvalue weighted by Crippen LogP contribution is 2.05. The highest BCUT2D eigenvalue weighted by atomic mass is 16.5. The molecule has 1 N–H and O–H groups in total. The molecule has 0 fully saturated rings. The molecular formula is C11H17NO3. The first-order valence-electron chi connectivity index (χ1n) is 5.01. The van der Waals surface area contributed by atoms with Crippen LogP contribution in [0.2, 0.25) is 0 Å². The van der Waals surface area contributed by atoms with Crippen LogP contribution in [0, 0.1) is 6.92 Å². The van der Waals surface area contributed by atoms with Crippen LogP contribution in [0.1, 0.15) is 25.4 Å². The minimum Gasteiger partial charge on any atom is -0.465 e. The van der Waals surface area contributed by atoms with Crippen LogP contribution < -0.4 is 5.32 Å². The molecule has 4 heteroatoms. The van der Waals surface area contributed by atoms with Crippen molar-refractivity contribution in [3.63, 3.8) is 0 Å². The number of amides is 1. The van der Waals surface area contributed by atoms with Crippen molar-refractivity contribution in [3.05, 3.63) is 23.7 Å². The highest BCUT2D eigenvalue weighted by Gasteiger charge is 2.04. The van der Waals surface area contributed by atoms with Crippen LogP contribution in [0.25, 0.3) is 0 Å². The molecule has 0 saturated heterocycles. The smallest absolute Gasteiger partial charge is 0.246 e. The fraction of sp³-hybridized carbons (Fsp3) is 0.545. The molecule has 0 aromatic carbocycles. The molecule has 0 saturated carbocycles. The molecule has 0 unspecified atom stereocenters. The first kappa shape index (κ1) is 11.8. The lowest BCUT2D eigenvalue weighted by molar-refractivity contribution is -0.127. The van der Waals surface area contributed by atoms with Crippen molar-refractivity contribution >= 4 is 5.91 Å². The summed E-state index contributed by atoms with van der Waals surface area (Å²) in [6.07, 6.45) is 0.0709. The van der Waals surface area contributed by atoms with E-state index >= 15 is 0 Å². The summed E-state index contributed by atoms with van der Waals surface area (Å²) in [6.45, 7) is 6.16. The van der Waals surface area contributed by atoms with E-state index in [1.165, 1.54) is 0 Å². The van der Waals surface area contributed by atoms with Crippen LogP contribution in [0.5, 0.6) is 0 Å². The normalized spacial score (nSPS) is 10.7. The molecule has 15 heavy (non-hydrogen) atoms. The second-order valence-electron chi connectivity index (χ2n) is 3.65. The van der Waals surface area contributed by atoms with Gasteiger partial charge >= 0.3 is 0 Å². The first-order valence-corrected chi connectivity index (χ1v) is 5.01. The molecule has 1 aromatic heterocycles. The van der Waals surface area contributed by atoms with Crippen molar-refractivity contribution in [1.29, 1.82) is 0 Å². The number of rotatable bonds is 5. The van der Waals surface area contributed by atoms with Gasteiger partial charge in [0.25, 0.3) is 0 Å². The van der Waals surface area contributed by atoms with Gasteiger partial charge in [-0.2, -0.15) is 0 Å². The third kappa shape index (κ3) is 4.65. The Balaban J connectivity index is 2.22. The molecule has 0 aliphatic rings. The van der Waals surface area contributed by atoms with Crippen molar-refractivity contribution in [2.45, 2.75) is 33.4 Å². The maximum Gasteiger partial charge on any atom is 0.246 e. The molecule has 1 heterocycles. The average molecular weight is 211 g/mol. The summed E-state index contributed by atoms with van der Waals surface area (Å²) in [4.78, 5) is 11.2. The number of carbonyl (C=O) groups excluding carboxylic acids is 1. The third-order valence-corrected chi connectivity index (χ3v) is 1.80. The summed E-state index contributed by atoms with van der Waals surface area (Å²) in [7, 11) is 0. The fourth-order valence-corrected chi connectivity index (χ4v) is 1.06. The summed E-state index contributed by atoms with van der Waals surface area (Å²) in [5, 5.41) is 2.71. The summed E-state index contributed by atoms with van der Waals surface area (Å²) >= 11 is 0. The van der Waals surface area contributed by atoms with Gasteiger partial charge in [0.05, 0.1) is 12.6 Å². The summed E-state index contributed by atoms with van der Waals surface area (Å²) in [5.41, 5.74) is 0. The number of carbonyl (C=O) groups is 1. The predicted octanol–water partition coefficient (Wildman–Crippen LogP) is 1.63. The third-order valence-electron chi connectivity index (χ3n) is 1.80. The van der Waals surface area contributed by atoms with Crippen LogP contribution in [-0.2, 0) is 16.1 Å². The Morgan fingerprint density at radius 1 is 1.53 bits per heavy atom. The molecule has 0 aliphatic heterocycles. The monoisotopic (exact) mass is 211 g/mol. The van der Waals surface area contributed by atoms with E-state index in [9.17, 15) is 4.79 Å². The molecule has 0 spiro atoms. The van der Waals surface area contributed by atoms with Gasteiger partial charge in [-0.3, -0.25) is 4.79 Å². The second kappa shape index (κ2) is 5.56. The highest BCUT2D eigenvalue weighted by molar-refractivity contribution is 5.77. The average Bonchev–Trinajstić information content (AvgIpc) is 2.58. The zero-order valence-electron chi connectivity index (χ0n) is 9.37. The number of ether oxygens (including phenoxy) is 1. The minimum atomic E-state index is -0.127. The van der Waals surface area contributed by atoms with Crippen LogP contribution in [-0.4, -0.2) is 18.6 Å². The van der Waals surface area contributed by atoms with Crippen LogP contribution in [0.3, 0.4) is 0 Å². The number of aryl methyl sites for hydroxylation is 1. The van der Waals surface area contributed by atoms with Gasteiger partial charge in [0, 0.05) is 0 Å². The topological polar surface area (TPSA) is 51.5 Å². The molecule has 4 nitrogen and oxygen atoms in total. The van der Waals surface area contributed by atoms with Crippen molar-refractivity contribution in [2.24, 2.45) is 0 Å². The van der Waals surface area contributed by atoms with E-state index in [1.807, 2.05) is 32.9 Å². The minimum absolute atomic E-state index is 0.0709. The van der Waals surface area contributed by atoms with Gasteiger partial charge in [0.1, 0.15) is 18.1 Å². The van der Waals surface area contributed by atoms with Gasteiger partial charge in [0.15, 0.2) is 0 Å². The lowest BCUT2D eigenvalue weighted by Crippen LogP contribution is -2.28.